The minimum absolute atomic E-state index is 3.54. The molecule has 0 aliphatic rings. The molecule has 58 valence electrons. The Labute approximate surface area is 48.7 Å². The van der Waals surface area contributed by atoms with Crippen LogP contribution in [0.1, 0.15) is 0 Å². The molecule has 0 amide bonds. The van der Waals surface area contributed by atoms with Crippen molar-refractivity contribution in [3.05, 3.63) is 0 Å². The summed E-state index contributed by atoms with van der Waals surface area (Å²) in [5, 5.41) is 0. The van der Waals surface area contributed by atoms with Gasteiger partial charge in [0.2, 0.25) is 0 Å². The Morgan fingerprint density at radius 3 is 0.750 bits per heavy atom. The molecule has 0 unspecified atom stereocenters. The van der Waals surface area contributed by atoms with Crippen molar-refractivity contribution in [2.45, 2.75) is 0 Å². The third kappa shape index (κ3) is 474. The van der Waals surface area contributed by atoms with Crippen molar-refractivity contribution in [1.82, 2.24) is 0 Å². The maximum absolute atomic E-state index is 5.79. The SMILES string of the molecule is [NH3+][Rh]([NH3+])([NH3+])([NH3+])([NH3+])([NH3+])[Cl]. The van der Waals surface area contributed by atoms with Crippen LogP contribution in [0.5, 0.6) is 0 Å². The van der Waals surface area contributed by atoms with Gasteiger partial charge in [0, 0.05) is 0 Å². The van der Waals surface area contributed by atoms with E-state index in [0.29, 0.717) is 0 Å². The normalized spacial score (nSPS) is 27.1. The van der Waals surface area contributed by atoms with E-state index in [4.69, 9.17) is 9.69 Å². The van der Waals surface area contributed by atoms with Crippen LogP contribution in [0.25, 0.3) is 0 Å². The Hall–Kier alpha value is 0.673. The van der Waals surface area contributed by atoms with E-state index in [2.05, 4.69) is 26.9 Å². The first-order valence-corrected chi connectivity index (χ1v) is 10.6. The summed E-state index contributed by atoms with van der Waals surface area (Å²) in [7, 11) is 5.79. The first-order valence-electron chi connectivity index (χ1n) is 1.54. The number of rotatable bonds is 0. The Morgan fingerprint density at radius 2 is 0.750 bits per heavy atom. The van der Waals surface area contributed by atoms with Gasteiger partial charge in [-0.05, 0) is 0 Å². The van der Waals surface area contributed by atoms with E-state index in [1.165, 1.54) is 0 Å². The fraction of sp³-hybridized carbons (Fsp3) is 0. The van der Waals surface area contributed by atoms with E-state index >= 15 is 0 Å². The molecule has 0 saturated carbocycles. The molecule has 0 fully saturated rings. The van der Waals surface area contributed by atoms with Gasteiger partial charge in [0.25, 0.3) is 0 Å². The average molecular weight is 241 g/mol. The fourth-order valence-corrected chi connectivity index (χ4v) is 0. The molecular formula is H18ClN6Rh+6. The molecule has 0 rings (SSSR count). The molecule has 0 aromatic rings. The minimum atomic E-state index is -4.57. The molecule has 0 aliphatic heterocycles. The van der Waals surface area contributed by atoms with Crippen LogP contribution in [0, 0.1) is 0 Å². The predicted octanol–water partition coefficient (Wildman–Crippen LogP) is -7.16. The molecule has 0 atom stereocenters. The first kappa shape index (κ1) is 8.67. The second-order valence-corrected chi connectivity index (χ2v) is 24.3. The van der Waals surface area contributed by atoms with Crippen LogP contribution in [0.3, 0.4) is 0 Å². The monoisotopic (exact) mass is 240 g/mol. The van der Waals surface area contributed by atoms with Crippen molar-refractivity contribution < 1.29 is 38.5 Å². The van der Waals surface area contributed by atoms with Gasteiger partial charge in [0.15, 0.2) is 0 Å². The third-order valence-corrected chi connectivity index (χ3v) is 0. The molecule has 0 spiro atoms. The van der Waals surface area contributed by atoms with E-state index in [9.17, 15) is 0 Å². The van der Waals surface area contributed by atoms with Crippen molar-refractivity contribution in [3.8, 4) is 0 Å². The number of quaternary nitrogens is 6. The zero-order valence-corrected chi connectivity index (χ0v) is 7.35. The summed E-state index contributed by atoms with van der Waals surface area (Å²) in [4.78, 5) is 0. The molecule has 0 bridgehead atoms. The molecule has 0 aromatic heterocycles. The standard InChI is InChI=1S/ClH.6H3N.Rh/h1H;6*1H3;/q;;;;;;;+7/p-1. The Morgan fingerprint density at radius 1 is 0.750 bits per heavy atom. The van der Waals surface area contributed by atoms with Crippen LogP contribution in [-0.2, 0) is 11.7 Å². The van der Waals surface area contributed by atoms with Crippen LogP contribution in [0.4, 0.5) is 0 Å². The Balaban J connectivity index is 5.14. The van der Waals surface area contributed by atoms with Crippen LogP contribution in [0.15, 0.2) is 0 Å². The molecule has 0 radical (unpaired) electrons. The summed E-state index contributed by atoms with van der Waals surface area (Å²) in [6.45, 7) is 0. The predicted molar refractivity (Wildman–Crippen MR) is 23.2 cm³/mol. The molecule has 0 heterocycles. The average Bonchev–Trinajstić information content (AvgIpc) is 0.544. The summed E-state index contributed by atoms with van der Waals surface area (Å²) >= 11 is -4.57. The zero-order chi connectivity index (χ0) is 7.38. The summed E-state index contributed by atoms with van der Waals surface area (Å²) in [5.41, 5.74) is 0. The topological polar surface area (TPSA) is 166 Å². The first-order chi connectivity index (χ1) is 2.65. The second-order valence-electron chi connectivity index (χ2n) is 3.03. The molecule has 0 aliphatic carbocycles. The van der Waals surface area contributed by atoms with Crippen LogP contribution in [0.2, 0.25) is 0 Å². The van der Waals surface area contributed by atoms with Gasteiger partial charge in [-0.3, -0.25) is 0 Å². The summed E-state index contributed by atoms with van der Waals surface area (Å²) < 4.78 is 21.2. The molecule has 8 heavy (non-hydrogen) atoms. The van der Waals surface area contributed by atoms with Gasteiger partial charge in [-0.25, -0.2) is 0 Å². The van der Waals surface area contributed by atoms with Gasteiger partial charge in [-0.1, -0.05) is 0 Å². The molecule has 6 nitrogen and oxygen atoms in total. The van der Waals surface area contributed by atoms with Gasteiger partial charge in [0.05, 0.1) is 0 Å². The van der Waals surface area contributed by atoms with E-state index in [0.717, 1.165) is 0 Å². The molecular weight excluding hydrogens is 222 g/mol. The number of hydrogen-bond donors (Lipinski definition) is 6. The molecule has 18 N–H and O–H groups in total. The molecule has 0 aromatic carbocycles. The molecule has 8 heteroatoms. The maximum atomic E-state index is 5.79. The molecule has 0 saturated heterocycles. The van der Waals surface area contributed by atoms with Crippen molar-refractivity contribution in [2.24, 2.45) is 0 Å². The van der Waals surface area contributed by atoms with E-state index in [-0.39, 0.29) is 0 Å². The van der Waals surface area contributed by atoms with Gasteiger partial charge < -0.3 is 0 Å². The van der Waals surface area contributed by atoms with Crippen LogP contribution in [-0.4, -0.2) is 0 Å². The van der Waals surface area contributed by atoms with Gasteiger partial charge in [-0.2, -0.15) is 0 Å². The van der Waals surface area contributed by atoms with Gasteiger partial charge in [0.1, 0.15) is 0 Å². The summed E-state index contributed by atoms with van der Waals surface area (Å²) in [5.74, 6) is 0. The van der Waals surface area contributed by atoms with Crippen molar-refractivity contribution >= 4 is 9.69 Å². The van der Waals surface area contributed by atoms with E-state index in [1.54, 1.807) is 0 Å². The van der Waals surface area contributed by atoms with Crippen LogP contribution >= 0.6 is 9.69 Å². The van der Waals surface area contributed by atoms with Crippen molar-refractivity contribution in [2.75, 3.05) is 0 Å². The van der Waals surface area contributed by atoms with E-state index < -0.39 is 11.7 Å². The number of halogens is 1. The van der Waals surface area contributed by atoms with Crippen molar-refractivity contribution in [1.29, 1.82) is 0 Å². The third-order valence-electron chi connectivity index (χ3n) is 0. The second kappa shape index (κ2) is 0.727. The fourth-order valence-electron chi connectivity index (χ4n) is 0. The summed E-state index contributed by atoms with van der Waals surface area (Å²) in [6, 6.07) is 0. The van der Waals surface area contributed by atoms with E-state index in [1.807, 2.05) is 0 Å². The quantitative estimate of drug-likeness (QED) is 0.222. The Bertz CT molecular complexity index is 101. The Kier molecular flexibility index (Phi) is 0.789. The van der Waals surface area contributed by atoms with Gasteiger partial charge >= 0.3 is 48.2 Å². The zero-order valence-electron chi connectivity index (χ0n) is 4.95. The number of hydrogen-bond acceptors (Lipinski definition) is 0. The summed E-state index contributed by atoms with van der Waals surface area (Å²) in [6.07, 6.45) is 0. The van der Waals surface area contributed by atoms with Gasteiger partial charge in [-0.15, -0.1) is 0 Å². The van der Waals surface area contributed by atoms with Crippen LogP contribution < -0.4 is 26.9 Å². The van der Waals surface area contributed by atoms with Crippen molar-refractivity contribution in [3.63, 3.8) is 0 Å².